The Labute approximate surface area is 98.2 Å². The fourth-order valence-electron chi connectivity index (χ4n) is 1.63. The first-order valence-corrected chi connectivity index (χ1v) is 5.08. The van der Waals surface area contributed by atoms with Crippen LogP contribution in [0.2, 0.25) is 0 Å². The molecule has 4 nitrogen and oxygen atoms in total. The Balaban J connectivity index is 2.51. The van der Waals surface area contributed by atoms with Crippen LogP contribution in [0.1, 0.15) is 20.8 Å². The van der Waals surface area contributed by atoms with Gasteiger partial charge < -0.3 is 9.72 Å². The molecule has 0 aliphatic heterocycles. The number of aromatic amines is 1. The number of carbonyl (C=O) groups excluding carboxylic acids is 2. The lowest BCUT2D eigenvalue weighted by atomic mass is 10.1. The maximum atomic E-state index is 11.4. The highest BCUT2D eigenvalue weighted by Crippen LogP contribution is 2.22. The molecule has 0 unspecified atom stereocenters. The summed E-state index contributed by atoms with van der Waals surface area (Å²) in [7, 11) is 1.30. The average molecular weight is 229 g/mol. The fraction of sp³-hybridized carbons (Fsp3) is 0.0769. The first-order valence-electron chi connectivity index (χ1n) is 5.08. The van der Waals surface area contributed by atoms with E-state index in [1.165, 1.54) is 13.2 Å². The van der Waals surface area contributed by atoms with Crippen molar-refractivity contribution in [3.8, 4) is 11.3 Å². The predicted molar refractivity (Wildman–Crippen MR) is 63.0 cm³/mol. The Hall–Kier alpha value is -2.36. The van der Waals surface area contributed by atoms with Gasteiger partial charge >= 0.3 is 5.97 Å². The highest BCUT2D eigenvalue weighted by atomic mass is 16.5. The number of nitrogens with one attached hydrogen (secondary N) is 1. The molecule has 0 atom stereocenters. The van der Waals surface area contributed by atoms with E-state index >= 15 is 0 Å². The molecule has 17 heavy (non-hydrogen) atoms. The smallest absolute Gasteiger partial charge is 0.354 e. The van der Waals surface area contributed by atoms with Gasteiger partial charge in [-0.25, -0.2) is 4.79 Å². The topological polar surface area (TPSA) is 59.2 Å². The second kappa shape index (κ2) is 4.65. The molecular formula is C13H11NO3. The third-order valence-electron chi connectivity index (χ3n) is 2.44. The van der Waals surface area contributed by atoms with E-state index in [2.05, 4.69) is 9.72 Å². The molecule has 0 radical (unpaired) electrons. The lowest BCUT2D eigenvalue weighted by molar-refractivity contribution is 0.0595. The maximum absolute atomic E-state index is 11.4. The minimum atomic E-state index is -0.490. The quantitative estimate of drug-likeness (QED) is 0.648. The first kappa shape index (κ1) is 11.1. The monoisotopic (exact) mass is 229 g/mol. The number of aldehydes is 1. The van der Waals surface area contributed by atoms with Crippen LogP contribution in [-0.4, -0.2) is 24.3 Å². The van der Waals surface area contributed by atoms with Crippen LogP contribution in [0.25, 0.3) is 11.3 Å². The van der Waals surface area contributed by atoms with Crippen molar-refractivity contribution >= 4 is 12.3 Å². The minimum absolute atomic E-state index is 0.272. The highest BCUT2D eigenvalue weighted by Gasteiger charge is 2.14. The molecule has 1 aromatic carbocycles. The van der Waals surface area contributed by atoms with Crippen LogP contribution >= 0.6 is 0 Å². The third-order valence-corrected chi connectivity index (χ3v) is 2.44. The Morgan fingerprint density at radius 1 is 1.29 bits per heavy atom. The van der Waals surface area contributed by atoms with Crippen LogP contribution in [0, 0.1) is 0 Å². The SMILES string of the molecule is COC(=O)c1cc(C=O)c(-c2ccccc2)[nH]1. The van der Waals surface area contributed by atoms with Crippen LogP contribution in [0.4, 0.5) is 0 Å². The number of methoxy groups -OCH3 is 1. The van der Waals surface area contributed by atoms with Crippen molar-refractivity contribution in [2.75, 3.05) is 7.11 Å². The lowest BCUT2D eigenvalue weighted by Crippen LogP contribution is -2.00. The Morgan fingerprint density at radius 3 is 2.59 bits per heavy atom. The number of rotatable bonds is 3. The molecule has 0 aliphatic carbocycles. The van der Waals surface area contributed by atoms with Crippen molar-refractivity contribution in [2.45, 2.75) is 0 Å². The molecule has 2 aromatic rings. The maximum Gasteiger partial charge on any atom is 0.354 e. The van der Waals surface area contributed by atoms with Crippen LogP contribution in [0.15, 0.2) is 36.4 Å². The van der Waals surface area contributed by atoms with Crippen LogP contribution < -0.4 is 0 Å². The number of H-pyrrole nitrogens is 1. The van der Waals surface area contributed by atoms with Crippen molar-refractivity contribution in [1.29, 1.82) is 0 Å². The second-order valence-corrected chi connectivity index (χ2v) is 3.49. The second-order valence-electron chi connectivity index (χ2n) is 3.49. The number of hydrogen-bond acceptors (Lipinski definition) is 3. The minimum Gasteiger partial charge on any atom is -0.464 e. The summed E-state index contributed by atoms with van der Waals surface area (Å²) in [5.74, 6) is -0.490. The van der Waals surface area contributed by atoms with Crippen molar-refractivity contribution < 1.29 is 14.3 Å². The van der Waals surface area contributed by atoms with Crippen molar-refractivity contribution in [2.24, 2.45) is 0 Å². The summed E-state index contributed by atoms with van der Waals surface area (Å²) in [4.78, 5) is 25.2. The molecule has 0 aliphatic rings. The van der Waals surface area contributed by atoms with Gasteiger partial charge in [-0.1, -0.05) is 30.3 Å². The van der Waals surface area contributed by atoms with Gasteiger partial charge in [-0.05, 0) is 11.6 Å². The van der Waals surface area contributed by atoms with Gasteiger partial charge in [0.15, 0.2) is 6.29 Å². The van der Waals surface area contributed by atoms with E-state index in [1.807, 2.05) is 30.3 Å². The molecule has 86 valence electrons. The first-order chi connectivity index (χ1) is 8.26. The Morgan fingerprint density at radius 2 is 2.00 bits per heavy atom. The molecule has 0 fully saturated rings. The molecule has 0 saturated carbocycles. The summed E-state index contributed by atoms with van der Waals surface area (Å²) < 4.78 is 4.60. The van der Waals surface area contributed by atoms with E-state index < -0.39 is 5.97 Å². The summed E-state index contributed by atoms with van der Waals surface area (Å²) >= 11 is 0. The zero-order valence-electron chi connectivity index (χ0n) is 9.27. The number of ether oxygens (including phenoxy) is 1. The molecule has 1 N–H and O–H groups in total. The van der Waals surface area contributed by atoms with E-state index in [4.69, 9.17) is 0 Å². The zero-order valence-corrected chi connectivity index (χ0v) is 9.27. The molecule has 0 amide bonds. The van der Waals surface area contributed by atoms with Crippen molar-refractivity contribution in [1.82, 2.24) is 4.98 Å². The van der Waals surface area contributed by atoms with E-state index in [1.54, 1.807) is 0 Å². The Kier molecular flexibility index (Phi) is 3.05. The molecule has 1 aromatic heterocycles. The standard InChI is InChI=1S/C13H11NO3/c1-17-13(16)11-7-10(8-15)12(14-11)9-5-3-2-4-6-9/h2-8,14H,1H3. The van der Waals surface area contributed by atoms with Gasteiger partial charge in [0.2, 0.25) is 0 Å². The third kappa shape index (κ3) is 2.10. The lowest BCUT2D eigenvalue weighted by Gasteiger charge is -1.98. The van der Waals surface area contributed by atoms with E-state index in [0.717, 1.165) is 5.56 Å². The van der Waals surface area contributed by atoms with Gasteiger partial charge in [0, 0.05) is 5.56 Å². The van der Waals surface area contributed by atoms with E-state index in [9.17, 15) is 9.59 Å². The molecule has 0 spiro atoms. The van der Waals surface area contributed by atoms with Crippen LogP contribution in [0.3, 0.4) is 0 Å². The number of esters is 1. The molecular weight excluding hydrogens is 218 g/mol. The summed E-state index contributed by atoms with van der Waals surface area (Å²) in [6.45, 7) is 0. The number of hydrogen-bond donors (Lipinski definition) is 1. The van der Waals surface area contributed by atoms with Crippen LogP contribution in [-0.2, 0) is 4.74 Å². The molecule has 4 heteroatoms. The molecule has 0 bridgehead atoms. The van der Waals surface area contributed by atoms with Crippen LogP contribution in [0.5, 0.6) is 0 Å². The van der Waals surface area contributed by atoms with Gasteiger partial charge in [-0.15, -0.1) is 0 Å². The summed E-state index contributed by atoms with van der Waals surface area (Å²) in [6.07, 6.45) is 0.714. The average Bonchev–Trinajstić information content (AvgIpc) is 2.83. The van der Waals surface area contributed by atoms with Gasteiger partial charge in [0.25, 0.3) is 0 Å². The van der Waals surface area contributed by atoms with Gasteiger partial charge in [-0.3, -0.25) is 4.79 Å². The number of aromatic nitrogens is 1. The number of carbonyl (C=O) groups is 2. The van der Waals surface area contributed by atoms with E-state index in [-0.39, 0.29) is 5.69 Å². The highest BCUT2D eigenvalue weighted by molar-refractivity contribution is 5.94. The summed E-state index contributed by atoms with van der Waals surface area (Å²) in [5, 5.41) is 0. The molecule has 0 saturated heterocycles. The summed E-state index contributed by atoms with van der Waals surface area (Å²) in [5.41, 5.74) is 2.19. The van der Waals surface area contributed by atoms with Crippen molar-refractivity contribution in [3.05, 3.63) is 47.7 Å². The predicted octanol–water partition coefficient (Wildman–Crippen LogP) is 2.28. The Bertz CT molecular complexity index is 543. The molecule has 1 heterocycles. The van der Waals surface area contributed by atoms with Gasteiger partial charge in [0.05, 0.1) is 12.8 Å². The number of benzene rings is 1. The van der Waals surface area contributed by atoms with Gasteiger partial charge in [0.1, 0.15) is 5.69 Å². The normalized spacial score (nSPS) is 9.94. The zero-order chi connectivity index (χ0) is 12.3. The largest absolute Gasteiger partial charge is 0.464 e. The summed E-state index contributed by atoms with van der Waals surface area (Å²) in [6, 6.07) is 10.8. The van der Waals surface area contributed by atoms with Crippen molar-refractivity contribution in [3.63, 3.8) is 0 Å². The van der Waals surface area contributed by atoms with E-state index in [0.29, 0.717) is 17.5 Å². The van der Waals surface area contributed by atoms with Gasteiger partial charge in [-0.2, -0.15) is 0 Å². The molecule has 2 rings (SSSR count). The fourth-order valence-corrected chi connectivity index (χ4v) is 1.63.